The van der Waals surface area contributed by atoms with E-state index in [1.165, 1.54) is 16.7 Å². The summed E-state index contributed by atoms with van der Waals surface area (Å²) in [6.45, 7) is 0. The summed E-state index contributed by atoms with van der Waals surface area (Å²) in [5.74, 6) is -0.739. The number of nitrogens with zero attached hydrogens (tertiary/aromatic N) is 2. The van der Waals surface area contributed by atoms with Gasteiger partial charge in [-0.25, -0.2) is 0 Å². The highest BCUT2D eigenvalue weighted by molar-refractivity contribution is 7.99. The van der Waals surface area contributed by atoms with Gasteiger partial charge in [-0.1, -0.05) is 30.0 Å². The van der Waals surface area contributed by atoms with E-state index in [4.69, 9.17) is 5.73 Å². The third-order valence-electron chi connectivity index (χ3n) is 4.16. The summed E-state index contributed by atoms with van der Waals surface area (Å²) >= 11 is 1.47. The number of hydrogen-bond acceptors (Lipinski definition) is 4. The van der Waals surface area contributed by atoms with Crippen molar-refractivity contribution in [2.75, 3.05) is 11.9 Å². The molecule has 0 aromatic heterocycles. The topological polar surface area (TPSA) is 87.2 Å². The molecule has 0 aliphatic rings. The zero-order chi connectivity index (χ0) is 20.1. The molecule has 0 aliphatic carbocycles. The smallest absolute Gasteiger partial charge is 0.258 e. The van der Waals surface area contributed by atoms with Crippen molar-refractivity contribution in [3.63, 3.8) is 0 Å². The molecule has 138 valence electrons. The van der Waals surface area contributed by atoms with Crippen molar-refractivity contribution in [2.45, 2.75) is 9.79 Å². The van der Waals surface area contributed by atoms with Crippen LogP contribution in [0.3, 0.4) is 0 Å². The van der Waals surface area contributed by atoms with E-state index in [0.29, 0.717) is 22.4 Å². The van der Waals surface area contributed by atoms with Gasteiger partial charge in [0, 0.05) is 33.7 Å². The van der Waals surface area contributed by atoms with E-state index in [2.05, 4.69) is 6.07 Å². The molecular formula is C22H17N3O2S. The van der Waals surface area contributed by atoms with E-state index >= 15 is 0 Å². The van der Waals surface area contributed by atoms with E-state index in [1.54, 1.807) is 49.5 Å². The van der Waals surface area contributed by atoms with Gasteiger partial charge in [0.1, 0.15) is 6.07 Å². The second-order valence-electron chi connectivity index (χ2n) is 6.01. The van der Waals surface area contributed by atoms with Gasteiger partial charge in [0.05, 0.1) is 5.56 Å². The zero-order valence-electron chi connectivity index (χ0n) is 15.1. The molecule has 2 amide bonds. The summed E-state index contributed by atoms with van der Waals surface area (Å²) < 4.78 is 0. The van der Waals surface area contributed by atoms with Crippen molar-refractivity contribution in [1.29, 1.82) is 5.26 Å². The van der Waals surface area contributed by atoms with E-state index in [1.807, 2.05) is 30.3 Å². The molecule has 0 atom stereocenters. The van der Waals surface area contributed by atoms with Crippen molar-refractivity contribution in [3.8, 4) is 6.07 Å². The van der Waals surface area contributed by atoms with Crippen molar-refractivity contribution < 1.29 is 9.59 Å². The van der Waals surface area contributed by atoms with Gasteiger partial charge in [0.25, 0.3) is 5.91 Å². The molecule has 28 heavy (non-hydrogen) atoms. The quantitative estimate of drug-likeness (QED) is 0.714. The van der Waals surface area contributed by atoms with Gasteiger partial charge in [-0.2, -0.15) is 5.26 Å². The number of nitriles is 1. The second-order valence-corrected chi connectivity index (χ2v) is 7.13. The third-order valence-corrected chi connectivity index (χ3v) is 5.24. The first-order valence-corrected chi connectivity index (χ1v) is 9.26. The van der Waals surface area contributed by atoms with Gasteiger partial charge in [-0.05, 0) is 54.6 Å². The molecule has 0 saturated carbocycles. The van der Waals surface area contributed by atoms with Gasteiger partial charge in [0.2, 0.25) is 5.91 Å². The van der Waals surface area contributed by atoms with Gasteiger partial charge >= 0.3 is 0 Å². The first-order valence-electron chi connectivity index (χ1n) is 8.44. The molecule has 0 spiro atoms. The average molecular weight is 387 g/mol. The molecule has 3 aromatic carbocycles. The van der Waals surface area contributed by atoms with Crippen LogP contribution in [0.1, 0.15) is 26.3 Å². The van der Waals surface area contributed by atoms with E-state index in [-0.39, 0.29) is 5.91 Å². The van der Waals surface area contributed by atoms with Crippen LogP contribution in [0.25, 0.3) is 0 Å². The van der Waals surface area contributed by atoms with Crippen LogP contribution in [0, 0.1) is 11.3 Å². The van der Waals surface area contributed by atoms with Gasteiger partial charge in [-0.3, -0.25) is 9.59 Å². The van der Waals surface area contributed by atoms with Crippen LogP contribution in [0.15, 0.2) is 82.6 Å². The molecule has 0 fully saturated rings. The Balaban J connectivity index is 1.77. The third kappa shape index (κ3) is 4.22. The maximum absolute atomic E-state index is 12.8. The predicted molar refractivity (Wildman–Crippen MR) is 109 cm³/mol. The van der Waals surface area contributed by atoms with E-state index < -0.39 is 5.91 Å². The minimum atomic E-state index is -0.540. The highest BCUT2D eigenvalue weighted by atomic mass is 32.2. The van der Waals surface area contributed by atoms with Crippen LogP contribution in [-0.2, 0) is 0 Å². The molecule has 0 heterocycles. The first-order chi connectivity index (χ1) is 13.5. The largest absolute Gasteiger partial charge is 0.366 e. The van der Waals surface area contributed by atoms with Crippen molar-refractivity contribution >= 4 is 29.3 Å². The Kier molecular flexibility index (Phi) is 5.78. The summed E-state index contributed by atoms with van der Waals surface area (Å²) in [4.78, 5) is 27.4. The summed E-state index contributed by atoms with van der Waals surface area (Å²) in [7, 11) is 1.65. The number of amides is 2. The summed E-state index contributed by atoms with van der Waals surface area (Å²) in [6, 6.07) is 23.4. The van der Waals surface area contributed by atoms with E-state index in [0.717, 1.165) is 9.79 Å². The number of carbonyl (C=O) groups is 2. The second kappa shape index (κ2) is 8.42. The van der Waals surface area contributed by atoms with E-state index in [9.17, 15) is 14.9 Å². The Morgan fingerprint density at radius 3 is 2.36 bits per heavy atom. The number of carbonyl (C=O) groups excluding carboxylic acids is 2. The molecule has 0 saturated heterocycles. The minimum absolute atomic E-state index is 0.199. The van der Waals surface area contributed by atoms with Gasteiger partial charge in [0.15, 0.2) is 0 Å². The molecule has 3 rings (SSSR count). The molecule has 3 aromatic rings. The Hall–Kier alpha value is -3.56. The molecule has 2 N–H and O–H groups in total. The minimum Gasteiger partial charge on any atom is -0.366 e. The highest BCUT2D eigenvalue weighted by Crippen LogP contribution is 2.30. The number of rotatable bonds is 5. The maximum Gasteiger partial charge on any atom is 0.258 e. The number of benzene rings is 3. The first kappa shape index (κ1) is 19.2. The Morgan fingerprint density at radius 2 is 1.68 bits per heavy atom. The molecule has 0 aliphatic heterocycles. The van der Waals surface area contributed by atoms with Crippen LogP contribution >= 0.6 is 11.8 Å². The average Bonchev–Trinajstić information content (AvgIpc) is 2.73. The standard InChI is InChI=1S/C22H17N3O2S/c1-25(18-7-4-6-16(13-18)21(24)26)22(27)15-9-11-19(12-10-15)28-20-8-3-2-5-17(20)14-23/h2-13H,1H3,(H2,24,26). The lowest BCUT2D eigenvalue weighted by Crippen LogP contribution is -2.26. The molecule has 0 bridgehead atoms. The monoisotopic (exact) mass is 387 g/mol. The maximum atomic E-state index is 12.8. The zero-order valence-corrected chi connectivity index (χ0v) is 15.9. The van der Waals surface area contributed by atoms with Gasteiger partial charge in [-0.15, -0.1) is 0 Å². The van der Waals surface area contributed by atoms with Crippen LogP contribution in [0.2, 0.25) is 0 Å². The molecule has 6 heteroatoms. The van der Waals surface area contributed by atoms with Crippen LogP contribution in [0.4, 0.5) is 5.69 Å². The molecule has 0 unspecified atom stereocenters. The number of nitrogens with two attached hydrogens (primary N) is 1. The summed E-state index contributed by atoms with van der Waals surface area (Å²) in [6.07, 6.45) is 0. The fourth-order valence-corrected chi connectivity index (χ4v) is 3.52. The summed E-state index contributed by atoms with van der Waals surface area (Å²) in [5.41, 5.74) is 7.37. The van der Waals surface area contributed by atoms with Crippen molar-refractivity contribution in [3.05, 3.63) is 89.5 Å². The summed E-state index contributed by atoms with van der Waals surface area (Å²) in [5, 5.41) is 9.19. The Labute approximate surface area is 167 Å². The number of anilines is 1. The highest BCUT2D eigenvalue weighted by Gasteiger charge is 2.15. The van der Waals surface area contributed by atoms with Crippen LogP contribution in [0.5, 0.6) is 0 Å². The fourth-order valence-electron chi connectivity index (χ4n) is 2.62. The lowest BCUT2D eigenvalue weighted by atomic mass is 10.1. The number of hydrogen-bond donors (Lipinski definition) is 1. The van der Waals surface area contributed by atoms with Crippen molar-refractivity contribution in [2.24, 2.45) is 5.73 Å². The van der Waals surface area contributed by atoms with Gasteiger partial charge < -0.3 is 10.6 Å². The fraction of sp³-hybridized carbons (Fsp3) is 0.0455. The molecule has 0 radical (unpaired) electrons. The van der Waals surface area contributed by atoms with Crippen LogP contribution < -0.4 is 10.6 Å². The normalized spacial score (nSPS) is 10.1. The van der Waals surface area contributed by atoms with Crippen LogP contribution in [-0.4, -0.2) is 18.9 Å². The number of primary amides is 1. The Bertz CT molecular complexity index is 1070. The molecule has 5 nitrogen and oxygen atoms in total. The lowest BCUT2D eigenvalue weighted by molar-refractivity contribution is 0.0985. The molecular weight excluding hydrogens is 370 g/mol. The SMILES string of the molecule is CN(C(=O)c1ccc(Sc2ccccc2C#N)cc1)c1cccc(C(N)=O)c1. The Morgan fingerprint density at radius 1 is 0.964 bits per heavy atom. The van der Waals surface area contributed by atoms with Crippen molar-refractivity contribution in [1.82, 2.24) is 0 Å². The predicted octanol–water partition coefficient (Wildman–Crippen LogP) is 4.08. The lowest BCUT2D eigenvalue weighted by Gasteiger charge is -2.18.